The molecule has 11 heteroatoms. The van der Waals surface area contributed by atoms with Gasteiger partial charge in [-0.1, -0.05) is 0 Å². The number of halogens is 3. The van der Waals surface area contributed by atoms with Crippen LogP contribution >= 0.6 is 0 Å². The number of hydrogen-bond donors (Lipinski definition) is 2. The Bertz CT molecular complexity index is 942. The summed E-state index contributed by atoms with van der Waals surface area (Å²) in [6.45, 7) is 3.56. The van der Waals surface area contributed by atoms with E-state index in [-0.39, 0.29) is 17.1 Å². The molecule has 1 saturated heterocycles. The molecule has 0 spiro atoms. The van der Waals surface area contributed by atoms with Gasteiger partial charge in [0.2, 0.25) is 0 Å². The summed E-state index contributed by atoms with van der Waals surface area (Å²) in [5.74, 6) is -0.596. The topological polar surface area (TPSA) is 86.8 Å². The molecule has 1 aliphatic rings. The zero-order valence-corrected chi connectivity index (χ0v) is 17.0. The van der Waals surface area contributed by atoms with Crippen LogP contribution in [0, 0.1) is 0 Å². The fourth-order valence-electron chi connectivity index (χ4n) is 3.06. The number of pyridine rings is 1. The van der Waals surface area contributed by atoms with Crippen LogP contribution in [0.2, 0.25) is 0 Å². The molecular formula is C20H22F3N5O3. The average Bonchev–Trinajstić information content (AvgIpc) is 2.74. The second-order valence-corrected chi connectivity index (χ2v) is 7.06. The van der Waals surface area contributed by atoms with Crippen molar-refractivity contribution in [2.24, 2.45) is 0 Å². The standard InChI is InChI=1S/C20H22F3N5O3/c1-27-5-7-28(8-6-27)16-3-4-17(24-12-16)26-18(29)13-9-14(20(21,22)23)11-15(10-13)25-19(30)31-2/h3-4,9-12H,5-8H2,1-2H3,(H,25,30)(H,24,26,29). The van der Waals surface area contributed by atoms with Crippen LogP contribution < -0.4 is 15.5 Å². The molecule has 31 heavy (non-hydrogen) atoms. The smallest absolute Gasteiger partial charge is 0.416 e. The van der Waals surface area contributed by atoms with Crippen molar-refractivity contribution in [2.75, 3.05) is 55.9 Å². The highest BCUT2D eigenvalue weighted by Gasteiger charge is 2.32. The minimum Gasteiger partial charge on any atom is -0.453 e. The Balaban J connectivity index is 1.76. The van der Waals surface area contributed by atoms with Gasteiger partial charge in [-0.25, -0.2) is 9.78 Å². The third kappa shape index (κ3) is 5.85. The van der Waals surface area contributed by atoms with Crippen molar-refractivity contribution < 1.29 is 27.5 Å². The number of rotatable bonds is 4. The van der Waals surface area contributed by atoms with Crippen LogP contribution in [0.4, 0.5) is 35.2 Å². The van der Waals surface area contributed by atoms with Gasteiger partial charge in [0.15, 0.2) is 0 Å². The maximum Gasteiger partial charge on any atom is 0.416 e. The summed E-state index contributed by atoms with van der Waals surface area (Å²) < 4.78 is 44.0. The van der Waals surface area contributed by atoms with Crippen molar-refractivity contribution in [3.63, 3.8) is 0 Å². The zero-order chi connectivity index (χ0) is 22.6. The number of aromatic nitrogens is 1. The van der Waals surface area contributed by atoms with Crippen molar-refractivity contribution in [1.82, 2.24) is 9.88 Å². The van der Waals surface area contributed by atoms with Crippen molar-refractivity contribution in [2.45, 2.75) is 6.18 Å². The highest BCUT2D eigenvalue weighted by Crippen LogP contribution is 2.32. The van der Waals surface area contributed by atoms with Gasteiger partial charge in [-0.2, -0.15) is 13.2 Å². The van der Waals surface area contributed by atoms with Crippen LogP contribution in [0.15, 0.2) is 36.5 Å². The van der Waals surface area contributed by atoms with Crippen LogP contribution in [0.1, 0.15) is 15.9 Å². The van der Waals surface area contributed by atoms with E-state index in [4.69, 9.17) is 0 Å². The first-order valence-electron chi connectivity index (χ1n) is 9.44. The number of methoxy groups -OCH3 is 1. The van der Waals surface area contributed by atoms with Crippen molar-refractivity contribution in [3.05, 3.63) is 47.7 Å². The Morgan fingerprint density at radius 1 is 1.06 bits per heavy atom. The van der Waals surface area contributed by atoms with E-state index in [1.807, 2.05) is 7.05 Å². The summed E-state index contributed by atoms with van der Waals surface area (Å²) in [4.78, 5) is 32.5. The molecule has 0 bridgehead atoms. The molecule has 0 aliphatic carbocycles. The Morgan fingerprint density at radius 3 is 2.35 bits per heavy atom. The number of alkyl halides is 3. The highest BCUT2D eigenvalue weighted by molar-refractivity contribution is 6.05. The summed E-state index contributed by atoms with van der Waals surface area (Å²) in [6.07, 6.45) is -4.05. The van der Waals surface area contributed by atoms with E-state index in [1.54, 1.807) is 18.3 Å². The summed E-state index contributed by atoms with van der Waals surface area (Å²) >= 11 is 0. The lowest BCUT2D eigenvalue weighted by Crippen LogP contribution is -2.44. The Labute approximate surface area is 177 Å². The highest BCUT2D eigenvalue weighted by atomic mass is 19.4. The summed E-state index contributed by atoms with van der Waals surface area (Å²) in [5.41, 5.74) is -0.684. The molecule has 2 aromatic rings. The molecule has 8 nitrogen and oxygen atoms in total. The number of benzene rings is 1. The summed E-state index contributed by atoms with van der Waals surface area (Å²) in [6, 6.07) is 5.93. The van der Waals surface area contributed by atoms with Crippen LogP contribution in [0.5, 0.6) is 0 Å². The molecule has 166 valence electrons. The molecule has 1 aromatic heterocycles. The SMILES string of the molecule is COC(=O)Nc1cc(C(=O)Nc2ccc(N3CCN(C)CC3)cn2)cc(C(F)(F)F)c1. The van der Waals surface area contributed by atoms with E-state index in [9.17, 15) is 22.8 Å². The lowest BCUT2D eigenvalue weighted by molar-refractivity contribution is -0.137. The Hall–Kier alpha value is -3.34. The quantitative estimate of drug-likeness (QED) is 0.764. The third-order valence-electron chi connectivity index (χ3n) is 4.81. The summed E-state index contributed by atoms with van der Waals surface area (Å²) in [5, 5.41) is 4.62. The second-order valence-electron chi connectivity index (χ2n) is 7.06. The fraction of sp³-hybridized carbons (Fsp3) is 0.350. The molecule has 3 rings (SSSR count). The van der Waals surface area contributed by atoms with E-state index in [0.717, 1.165) is 51.1 Å². The number of nitrogens with zero attached hydrogens (tertiary/aromatic N) is 3. The van der Waals surface area contributed by atoms with Crippen LogP contribution in [0.25, 0.3) is 0 Å². The van der Waals surface area contributed by atoms with E-state index in [0.29, 0.717) is 6.07 Å². The van der Waals surface area contributed by atoms with Gasteiger partial charge >= 0.3 is 12.3 Å². The Morgan fingerprint density at radius 2 is 1.77 bits per heavy atom. The molecule has 0 unspecified atom stereocenters. The first-order valence-corrected chi connectivity index (χ1v) is 9.44. The lowest BCUT2D eigenvalue weighted by atomic mass is 10.1. The average molecular weight is 437 g/mol. The second kappa shape index (κ2) is 9.21. The number of amides is 2. The van der Waals surface area contributed by atoms with Gasteiger partial charge in [0, 0.05) is 37.4 Å². The zero-order valence-electron chi connectivity index (χ0n) is 17.0. The van der Waals surface area contributed by atoms with Gasteiger partial charge in [0.1, 0.15) is 5.82 Å². The molecule has 1 aromatic carbocycles. The molecule has 2 N–H and O–H groups in total. The predicted octanol–water partition coefficient (Wildman–Crippen LogP) is 3.28. The van der Waals surface area contributed by atoms with Crippen molar-refractivity contribution in [3.8, 4) is 0 Å². The van der Waals surface area contributed by atoms with Gasteiger partial charge in [0.25, 0.3) is 5.91 Å². The third-order valence-corrected chi connectivity index (χ3v) is 4.81. The number of nitrogens with one attached hydrogen (secondary N) is 2. The number of piperazine rings is 1. The van der Waals surface area contributed by atoms with E-state index in [1.165, 1.54) is 0 Å². The maximum absolute atomic E-state index is 13.2. The maximum atomic E-state index is 13.2. The molecule has 1 fully saturated rings. The predicted molar refractivity (Wildman–Crippen MR) is 109 cm³/mol. The molecule has 1 aliphatic heterocycles. The fourth-order valence-corrected chi connectivity index (χ4v) is 3.06. The number of carbonyl (C=O) groups is 2. The van der Waals surface area contributed by atoms with Crippen LogP contribution in [0.3, 0.4) is 0 Å². The summed E-state index contributed by atoms with van der Waals surface area (Å²) in [7, 11) is 3.13. The van der Waals surface area contributed by atoms with Gasteiger partial charge < -0.3 is 19.9 Å². The number of anilines is 3. The van der Waals surface area contributed by atoms with E-state index < -0.39 is 23.7 Å². The number of likely N-dealkylation sites (N-methyl/N-ethyl adjacent to an activating group) is 1. The van der Waals surface area contributed by atoms with Crippen molar-refractivity contribution >= 4 is 29.2 Å². The molecular weight excluding hydrogens is 415 g/mol. The molecule has 0 atom stereocenters. The Kier molecular flexibility index (Phi) is 6.64. The van der Waals surface area contributed by atoms with Crippen LogP contribution in [-0.2, 0) is 10.9 Å². The number of carbonyl (C=O) groups excluding carboxylic acids is 2. The van der Waals surface area contributed by atoms with Gasteiger partial charge in [-0.3, -0.25) is 10.1 Å². The monoisotopic (exact) mass is 437 g/mol. The van der Waals surface area contributed by atoms with E-state index in [2.05, 4.69) is 30.2 Å². The molecule has 2 amide bonds. The van der Waals surface area contributed by atoms with Gasteiger partial charge in [-0.15, -0.1) is 0 Å². The number of ether oxygens (including phenoxy) is 1. The van der Waals surface area contributed by atoms with Gasteiger partial charge in [0.05, 0.1) is 24.6 Å². The minimum absolute atomic E-state index is 0.197. The van der Waals surface area contributed by atoms with Crippen LogP contribution in [-0.4, -0.2) is 62.2 Å². The first-order chi connectivity index (χ1) is 14.7. The molecule has 0 radical (unpaired) electrons. The van der Waals surface area contributed by atoms with Gasteiger partial charge in [-0.05, 0) is 37.4 Å². The lowest BCUT2D eigenvalue weighted by Gasteiger charge is -2.33. The largest absolute Gasteiger partial charge is 0.453 e. The first kappa shape index (κ1) is 22.3. The molecule has 2 heterocycles. The minimum atomic E-state index is -4.70. The normalized spacial score (nSPS) is 14.8. The molecule has 0 saturated carbocycles. The van der Waals surface area contributed by atoms with Crippen molar-refractivity contribution in [1.29, 1.82) is 0 Å². The number of hydrogen-bond acceptors (Lipinski definition) is 6. The van der Waals surface area contributed by atoms with E-state index >= 15 is 0 Å².